The van der Waals surface area contributed by atoms with Gasteiger partial charge in [0.25, 0.3) is 0 Å². The fourth-order valence-corrected chi connectivity index (χ4v) is 0. The van der Waals surface area contributed by atoms with Crippen molar-refractivity contribution in [3.05, 3.63) is 0 Å². The van der Waals surface area contributed by atoms with E-state index in [-0.39, 0.29) is 69.1 Å². The van der Waals surface area contributed by atoms with Crippen molar-refractivity contribution in [3.8, 4) is 0 Å². The molecule has 0 heterocycles. The summed E-state index contributed by atoms with van der Waals surface area (Å²) in [6, 6.07) is 0. The normalized spacial score (nSPS) is 0. The molecule has 0 aliphatic heterocycles. The first-order valence-corrected chi connectivity index (χ1v) is 0. The predicted octanol–water partition coefficient (Wildman–Crippen LogP) is -2.48. The van der Waals surface area contributed by atoms with Crippen molar-refractivity contribution in [1.82, 2.24) is 0 Å². The molecule has 6 N–H and O–H groups in total. The van der Waals surface area contributed by atoms with Crippen molar-refractivity contribution < 1.29 is 69.1 Å². The molecule has 3 nitrogen and oxygen atoms in total. The second kappa shape index (κ2) is 46.5. The molecule has 0 saturated carbocycles. The van der Waals surface area contributed by atoms with Crippen molar-refractivity contribution in [3.63, 3.8) is 0 Å². The summed E-state index contributed by atoms with van der Waals surface area (Å²) in [4.78, 5) is 0. The van der Waals surface area contributed by atoms with Gasteiger partial charge in [-0.3, -0.25) is 0 Å². The average molecular weight is 249 g/mol. The van der Waals surface area contributed by atoms with Crippen LogP contribution in [0.5, 0.6) is 0 Å². The molecule has 0 rings (SSSR count). The average Bonchev–Trinajstić information content (AvgIpc) is 0. The van der Waals surface area contributed by atoms with E-state index in [4.69, 9.17) is 0 Å². The van der Waals surface area contributed by atoms with Crippen molar-refractivity contribution in [2.24, 2.45) is 0 Å². The van der Waals surface area contributed by atoms with Crippen LogP contribution in [0, 0.1) is 35.6 Å². The maximum Gasteiger partial charge on any atom is 0 e. The van der Waals surface area contributed by atoms with Crippen LogP contribution in [0.1, 0.15) is 0 Å². The van der Waals surface area contributed by atoms with Gasteiger partial charge < -0.3 is 16.4 Å². The first-order chi connectivity index (χ1) is 0. The minimum absolute atomic E-state index is 0. The summed E-state index contributed by atoms with van der Waals surface area (Å²) in [6.45, 7) is 0. The van der Waals surface area contributed by atoms with Gasteiger partial charge in [0.15, 0.2) is 0 Å². The summed E-state index contributed by atoms with van der Waals surface area (Å²) in [5, 5.41) is 0. The van der Waals surface area contributed by atoms with E-state index in [9.17, 15) is 0 Å². The topological polar surface area (TPSA) is 94.5 Å². The monoisotopic (exact) mass is 249 g/mol. The Morgan fingerprint density at radius 1 is 0.600 bits per heavy atom. The molecule has 1 radical (unpaired) electrons. The molecular formula is H6FeLaO3. The van der Waals surface area contributed by atoms with E-state index in [0.717, 1.165) is 0 Å². The largest absolute Gasteiger partial charge is 0.412 e. The molecule has 5 heavy (non-hydrogen) atoms. The van der Waals surface area contributed by atoms with E-state index in [1.807, 2.05) is 0 Å². The molecule has 35 valence electrons. The van der Waals surface area contributed by atoms with Crippen molar-refractivity contribution in [1.29, 1.82) is 0 Å². The summed E-state index contributed by atoms with van der Waals surface area (Å²) >= 11 is 0. The SMILES string of the molecule is O.O.O.[Fe].[La]. The van der Waals surface area contributed by atoms with E-state index in [1.54, 1.807) is 0 Å². The standard InChI is InChI=1S/Fe.La.3H2O/h;;3*1H2. The minimum atomic E-state index is 0. The Hall–Kier alpha value is 1.59. The molecule has 0 fully saturated rings. The maximum absolute atomic E-state index is 0. The molecule has 0 aromatic heterocycles. The van der Waals surface area contributed by atoms with Gasteiger partial charge in [-0.15, -0.1) is 0 Å². The predicted molar refractivity (Wildman–Crippen MR) is 10.8 cm³/mol. The van der Waals surface area contributed by atoms with Gasteiger partial charge in [-0.2, -0.15) is 0 Å². The maximum atomic E-state index is 0. The summed E-state index contributed by atoms with van der Waals surface area (Å²) in [6.07, 6.45) is 0. The van der Waals surface area contributed by atoms with Crippen molar-refractivity contribution in [2.75, 3.05) is 0 Å². The van der Waals surface area contributed by atoms with Gasteiger partial charge in [0.05, 0.1) is 0 Å². The Kier molecular flexibility index (Phi) is 754. The van der Waals surface area contributed by atoms with Gasteiger partial charge in [-0.25, -0.2) is 0 Å². The second-order valence-corrected chi connectivity index (χ2v) is 0. The number of rotatable bonds is 0. The molecule has 0 spiro atoms. The molecule has 0 saturated heterocycles. The van der Waals surface area contributed by atoms with Gasteiger partial charge in [0, 0.05) is 52.7 Å². The van der Waals surface area contributed by atoms with Crippen LogP contribution in [0.15, 0.2) is 0 Å². The molecule has 0 bridgehead atoms. The van der Waals surface area contributed by atoms with E-state index < -0.39 is 0 Å². The van der Waals surface area contributed by atoms with Crippen LogP contribution in [0.25, 0.3) is 0 Å². The molecule has 0 aliphatic carbocycles. The third-order valence-electron chi connectivity index (χ3n) is 0. The minimum Gasteiger partial charge on any atom is -0.412 e. The zero-order valence-corrected chi connectivity index (χ0v) is 7.16. The summed E-state index contributed by atoms with van der Waals surface area (Å²) < 4.78 is 0. The first-order valence-electron chi connectivity index (χ1n) is 0. The molecule has 0 amide bonds. The Morgan fingerprint density at radius 2 is 0.600 bits per heavy atom. The van der Waals surface area contributed by atoms with Crippen LogP contribution >= 0.6 is 0 Å². The van der Waals surface area contributed by atoms with Crippen LogP contribution < -0.4 is 0 Å². The third-order valence-corrected chi connectivity index (χ3v) is 0. The summed E-state index contributed by atoms with van der Waals surface area (Å²) in [5.74, 6) is 0. The Balaban J connectivity index is 0. The van der Waals surface area contributed by atoms with E-state index in [1.165, 1.54) is 0 Å². The van der Waals surface area contributed by atoms with Crippen LogP contribution in [0.3, 0.4) is 0 Å². The van der Waals surface area contributed by atoms with E-state index in [2.05, 4.69) is 0 Å². The molecular weight excluding hydrogens is 243 g/mol. The van der Waals surface area contributed by atoms with Gasteiger partial charge in [0.1, 0.15) is 0 Å². The smallest absolute Gasteiger partial charge is 0 e. The number of hydrogen-bond acceptors (Lipinski definition) is 0. The quantitative estimate of drug-likeness (QED) is 0.425. The van der Waals surface area contributed by atoms with Gasteiger partial charge in [-0.1, -0.05) is 0 Å². The van der Waals surface area contributed by atoms with Gasteiger partial charge in [0.2, 0.25) is 0 Å². The Bertz CT molecular complexity index is 6.85. The van der Waals surface area contributed by atoms with Crippen molar-refractivity contribution in [2.45, 2.75) is 0 Å². The molecule has 0 aromatic rings. The molecule has 0 aromatic carbocycles. The van der Waals surface area contributed by atoms with E-state index in [0.29, 0.717) is 0 Å². The summed E-state index contributed by atoms with van der Waals surface area (Å²) in [7, 11) is 0. The first kappa shape index (κ1) is 81.2. The second-order valence-electron chi connectivity index (χ2n) is 0. The van der Waals surface area contributed by atoms with Crippen LogP contribution in [0.4, 0.5) is 0 Å². The van der Waals surface area contributed by atoms with Crippen LogP contribution in [-0.2, 0) is 17.1 Å². The fraction of sp³-hybridized carbons (Fsp3) is 0. The Labute approximate surface area is 68.5 Å². The summed E-state index contributed by atoms with van der Waals surface area (Å²) in [5.41, 5.74) is 0. The van der Waals surface area contributed by atoms with Gasteiger partial charge in [-0.05, 0) is 0 Å². The van der Waals surface area contributed by atoms with Crippen molar-refractivity contribution >= 4 is 0 Å². The molecule has 0 aliphatic rings. The molecule has 0 atom stereocenters. The third kappa shape index (κ3) is 28.4. The molecule has 5 heteroatoms. The number of hydrogen-bond donors (Lipinski definition) is 0. The van der Waals surface area contributed by atoms with Gasteiger partial charge >= 0.3 is 0 Å². The van der Waals surface area contributed by atoms with E-state index >= 15 is 0 Å². The fourth-order valence-electron chi connectivity index (χ4n) is 0. The molecule has 0 unspecified atom stereocenters. The van der Waals surface area contributed by atoms with Crippen LogP contribution in [-0.4, -0.2) is 16.4 Å². The Morgan fingerprint density at radius 3 is 0.600 bits per heavy atom. The zero-order chi connectivity index (χ0) is 0. The van der Waals surface area contributed by atoms with Crippen LogP contribution in [0.2, 0.25) is 0 Å². The zero-order valence-electron chi connectivity index (χ0n) is 2.43.